The van der Waals surface area contributed by atoms with E-state index in [0.717, 1.165) is 39.6 Å². The van der Waals surface area contributed by atoms with Crippen molar-refractivity contribution >= 4 is 61.3 Å². The average Bonchev–Trinajstić information content (AvgIpc) is 3.50. The number of aromatic nitrogens is 6. The fourth-order valence-electron chi connectivity index (χ4n) is 5.86. The minimum atomic E-state index is -0.616. The number of nitrogen functional groups attached to an aromatic ring is 1. The van der Waals surface area contributed by atoms with Crippen molar-refractivity contribution in [1.82, 2.24) is 34.4 Å². The van der Waals surface area contributed by atoms with E-state index >= 15 is 0 Å². The van der Waals surface area contributed by atoms with E-state index in [9.17, 15) is 9.59 Å². The van der Waals surface area contributed by atoms with E-state index in [1.165, 1.54) is 6.33 Å². The van der Waals surface area contributed by atoms with Crippen LogP contribution in [-0.2, 0) is 16.1 Å². The second-order valence-electron chi connectivity index (χ2n) is 10.8. The maximum absolute atomic E-state index is 14.0. The number of fused-ring (bicyclic) bond motifs is 3. The Morgan fingerprint density at radius 3 is 2.55 bits per heavy atom. The summed E-state index contributed by atoms with van der Waals surface area (Å²) in [6.07, 6.45) is 6.27. The second-order valence-corrected chi connectivity index (χ2v) is 11.6. The third kappa shape index (κ3) is 4.85. The predicted molar refractivity (Wildman–Crippen MR) is 165 cm³/mol. The number of amides is 2. The molecule has 3 N–H and O–H groups in total. The number of aryl methyl sites for hydroxylation is 3. The Labute approximate surface area is 250 Å². The zero-order valence-corrected chi connectivity index (χ0v) is 25.3. The normalized spacial score (nSPS) is 16.8. The van der Waals surface area contributed by atoms with Crippen LogP contribution in [0.3, 0.4) is 0 Å². The van der Waals surface area contributed by atoms with E-state index in [1.54, 1.807) is 17.3 Å². The number of carbonyl (C=O) groups is 2. The first-order valence-corrected chi connectivity index (χ1v) is 14.5. The number of nitrogens with zero attached hydrogens (tertiary/aromatic N) is 7. The van der Waals surface area contributed by atoms with Crippen LogP contribution in [0.5, 0.6) is 0 Å². The van der Waals surface area contributed by atoms with Crippen LogP contribution < -0.4 is 11.1 Å². The first kappa shape index (κ1) is 27.7. The monoisotopic (exact) mass is 627 g/mol. The number of carbonyl (C=O) groups excluding carboxylic acids is 2. The van der Waals surface area contributed by atoms with E-state index in [2.05, 4.69) is 46.2 Å². The minimum Gasteiger partial charge on any atom is -0.383 e. The standard InChI is InChI=1S/C30H30BrN9O2/c1-15-5-8-23(31)37-28(15)38-30(42)22-7-6-17(3)40(22)24(41)13-39-26-16(2)9-19(20-11-33-18(4)34-12-20)10-21(26)25-27(32)35-14-36-29(25)39/h5,8-12,14,17,22H,6-7,13H2,1-4H3,(H2,32,35,36)(H,37,38,42)/t17-,22+/m1/s1. The van der Waals surface area contributed by atoms with Crippen LogP contribution in [0.15, 0.2) is 47.6 Å². The van der Waals surface area contributed by atoms with Gasteiger partial charge in [-0.15, -0.1) is 0 Å². The summed E-state index contributed by atoms with van der Waals surface area (Å²) in [7, 11) is 0. The molecule has 0 bridgehead atoms. The Kier molecular flexibility index (Phi) is 7.09. The molecule has 0 radical (unpaired) electrons. The highest BCUT2D eigenvalue weighted by atomic mass is 79.9. The molecule has 2 atom stereocenters. The summed E-state index contributed by atoms with van der Waals surface area (Å²) >= 11 is 3.36. The SMILES string of the molecule is Cc1ncc(-c2cc(C)c3c(c2)c2c(N)ncnc2n3CC(=O)N2[C@H](C)CC[C@H]2C(=O)Nc2nc(Br)ccc2C)cn1. The van der Waals surface area contributed by atoms with Crippen molar-refractivity contribution in [1.29, 1.82) is 0 Å². The van der Waals surface area contributed by atoms with Crippen molar-refractivity contribution in [3.8, 4) is 11.1 Å². The molecule has 12 heteroatoms. The number of hydrogen-bond donors (Lipinski definition) is 2. The largest absolute Gasteiger partial charge is 0.383 e. The van der Waals surface area contributed by atoms with Gasteiger partial charge in [-0.25, -0.2) is 24.9 Å². The fraction of sp³-hybridized carbons (Fsp3) is 0.300. The molecule has 2 amide bonds. The smallest absolute Gasteiger partial charge is 0.248 e. The molecular weight excluding hydrogens is 598 g/mol. The molecule has 214 valence electrons. The van der Waals surface area contributed by atoms with E-state index in [-0.39, 0.29) is 24.4 Å². The highest BCUT2D eigenvalue weighted by Crippen LogP contribution is 2.36. The molecule has 1 saturated heterocycles. The number of nitrogens with two attached hydrogens (primary N) is 1. The molecule has 5 heterocycles. The van der Waals surface area contributed by atoms with Crippen LogP contribution in [0.2, 0.25) is 0 Å². The van der Waals surface area contributed by atoms with Crippen molar-refractivity contribution in [2.24, 2.45) is 0 Å². The molecule has 1 aromatic carbocycles. The first-order chi connectivity index (χ1) is 20.1. The molecule has 0 unspecified atom stereocenters. The van der Waals surface area contributed by atoms with Gasteiger partial charge in [-0.3, -0.25) is 9.59 Å². The van der Waals surface area contributed by atoms with Crippen LogP contribution in [-0.4, -0.2) is 58.3 Å². The molecule has 0 saturated carbocycles. The average molecular weight is 629 g/mol. The van der Waals surface area contributed by atoms with Crippen LogP contribution in [0.1, 0.15) is 36.7 Å². The van der Waals surface area contributed by atoms with Gasteiger partial charge in [-0.2, -0.15) is 0 Å². The van der Waals surface area contributed by atoms with Gasteiger partial charge in [0.2, 0.25) is 11.8 Å². The van der Waals surface area contributed by atoms with Crippen molar-refractivity contribution in [3.63, 3.8) is 0 Å². The zero-order valence-electron chi connectivity index (χ0n) is 23.7. The summed E-state index contributed by atoms with van der Waals surface area (Å²) in [5.74, 6) is 1.06. The minimum absolute atomic E-state index is 0.00738. The maximum Gasteiger partial charge on any atom is 0.248 e. The zero-order chi connectivity index (χ0) is 29.7. The molecule has 0 aliphatic carbocycles. The lowest BCUT2D eigenvalue weighted by atomic mass is 10.0. The lowest BCUT2D eigenvalue weighted by Gasteiger charge is -2.28. The van der Waals surface area contributed by atoms with Gasteiger partial charge < -0.3 is 20.5 Å². The highest BCUT2D eigenvalue weighted by Gasteiger charge is 2.39. The Bertz CT molecular complexity index is 1870. The van der Waals surface area contributed by atoms with Crippen molar-refractivity contribution in [2.45, 2.75) is 59.2 Å². The number of pyridine rings is 1. The Hall–Kier alpha value is -4.45. The molecule has 6 rings (SSSR count). The lowest BCUT2D eigenvalue weighted by molar-refractivity contribution is -0.138. The molecule has 1 aliphatic heterocycles. The van der Waals surface area contributed by atoms with Crippen molar-refractivity contribution in [2.75, 3.05) is 11.1 Å². The lowest BCUT2D eigenvalue weighted by Crippen LogP contribution is -2.47. The van der Waals surface area contributed by atoms with Gasteiger partial charge in [-0.1, -0.05) is 6.07 Å². The van der Waals surface area contributed by atoms with Crippen LogP contribution in [0.4, 0.5) is 11.6 Å². The molecule has 11 nitrogen and oxygen atoms in total. The number of benzene rings is 1. The summed E-state index contributed by atoms with van der Waals surface area (Å²) in [4.78, 5) is 51.0. The summed E-state index contributed by atoms with van der Waals surface area (Å²) < 4.78 is 2.51. The Morgan fingerprint density at radius 1 is 1.02 bits per heavy atom. The van der Waals surface area contributed by atoms with E-state index < -0.39 is 6.04 Å². The van der Waals surface area contributed by atoms with Crippen molar-refractivity contribution < 1.29 is 9.59 Å². The number of rotatable bonds is 5. The van der Waals surface area contributed by atoms with Gasteiger partial charge in [-0.05, 0) is 91.4 Å². The fourth-order valence-corrected chi connectivity index (χ4v) is 6.17. The third-order valence-corrected chi connectivity index (χ3v) is 8.37. The molecule has 4 aromatic heterocycles. The van der Waals surface area contributed by atoms with Gasteiger partial charge in [0.25, 0.3) is 0 Å². The number of halogens is 1. The van der Waals surface area contributed by atoms with Gasteiger partial charge in [0.05, 0.1) is 10.9 Å². The number of anilines is 2. The van der Waals surface area contributed by atoms with E-state index in [4.69, 9.17) is 5.73 Å². The number of hydrogen-bond acceptors (Lipinski definition) is 8. The van der Waals surface area contributed by atoms with Crippen LogP contribution in [0, 0.1) is 20.8 Å². The van der Waals surface area contributed by atoms with Gasteiger partial charge in [0, 0.05) is 29.4 Å². The molecule has 0 spiro atoms. The summed E-state index contributed by atoms with van der Waals surface area (Å²) in [5.41, 5.74) is 11.4. The first-order valence-electron chi connectivity index (χ1n) is 13.7. The van der Waals surface area contributed by atoms with Gasteiger partial charge in [0.1, 0.15) is 46.6 Å². The molecular formula is C30H30BrN9O2. The third-order valence-electron chi connectivity index (χ3n) is 7.92. The highest BCUT2D eigenvalue weighted by molar-refractivity contribution is 9.10. The van der Waals surface area contributed by atoms with E-state index in [1.807, 2.05) is 56.5 Å². The quantitative estimate of drug-likeness (QED) is 0.266. The van der Waals surface area contributed by atoms with Crippen LogP contribution >= 0.6 is 15.9 Å². The van der Waals surface area contributed by atoms with Gasteiger partial charge in [0.15, 0.2) is 0 Å². The summed E-state index contributed by atoms with van der Waals surface area (Å²) in [5, 5.41) is 4.45. The molecule has 42 heavy (non-hydrogen) atoms. The molecule has 1 fully saturated rings. The molecule has 5 aromatic rings. The Balaban J connectivity index is 1.38. The number of likely N-dealkylation sites (tertiary alicyclic amines) is 1. The van der Waals surface area contributed by atoms with E-state index in [0.29, 0.717) is 39.5 Å². The van der Waals surface area contributed by atoms with Gasteiger partial charge >= 0.3 is 0 Å². The van der Waals surface area contributed by atoms with Crippen LogP contribution in [0.25, 0.3) is 33.1 Å². The summed E-state index contributed by atoms with van der Waals surface area (Å²) in [6.45, 7) is 7.68. The topological polar surface area (TPSA) is 145 Å². The Morgan fingerprint density at radius 2 is 1.79 bits per heavy atom. The van der Waals surface area contributed by atoms with Crippen molar-refractivity contribution in [3.05, 3.63) is 64.5 Å². The predicted octanol–water partition coefficient (Wildman–Crippen LogP) is 4.72. The second kappa shape index (κ2) is 10.8. The maximum atomic E-state index is 14.0. The molecule has 1 aliphatic rings. The number of nitrogens with one attached hydrogen (secondary N) is 1. The summed E-state index contributed by atoms with van der Waals surface area (Å²) in [6, 6.07) is 7.03.